The van der Waals surface area contributed by atoms with Gasteiger partial charge in [-0.2, -0.15) is 0 Å². The second-order valence-electron chi connectivity index (χ2n) is 6.86. The number of aliphatic hydroxyl groups excluding tert-OH is 1. The summed E-state index contributed by atoms with van der Waals surface area (Å²) >= 11 is 0. The molecule has 1 saturated carbocycles. The van der Waals surface area contributed by atoms with Crippen LogP contribution in [0.4, 0.5) is 4.79 Å². The highest BCUT2D eigenvalue weighted by molar-refractivity contribution is 5.68. The number of nitrogens with one attached hydrogen (secondary N) is 1. The van der Waals surface area contributed by atoms with Gasteiger partial charge in [-0.3, -0.25) is 0 Å². The minimum absolute atomic E-state index is 0.120. The van der Waals surface area contributed by atoms with E-state index in [-0.39, 0.29) is 24.8 Å². The fourth-order valence-corrected chi connectivity index (χ4v) is 3.48. The molecule has 2 aliphatic rings. The number of piperidine rings is 1. The first-order valence-corrected chi connectivity index (χ1v) is 9.12. The van der Waals surface area contributed by atoms with E-state index in [2.05, 4.69) is 5.32 Å². The number of rotatable bonds is 7. The minimum Gasteiger partial charge on any atom is -0.445 e. The molecule has 1 aromatic carbocycles. The van der Waals surface area contributed by atoms with Gasteiger partial charge in [0.25, 0.3) is 0 Å². The molecule has 132 valence electrons. The van der Waals surface area contributed by atoms with Crippen LogP contribution in [0.5, 0.6) is 0 Å². The predicted molar refractivity (Wildman–Crippen MR) is 92.6 cm³/mol. The zero-order valence-corrected chi connectivity index (χ0v) is 14.2. The molecule has 0 radical (unpaired) electrons. The standard InChI is InChI=1S/C19H28N2O3/c22-13-11-17(20-16-9-10-16)18-8-4-5-12-21(18)19(23)24-14-15-6-2-1-3-7-15/h1-3,6-7,16-18,20,22H,4-5,8-14H2/t17-,18-/m0/s1. The van der Waals surface area contributed by atoms with Crippen LogP contribution in [0.25, 0.3) is 0 Å². The molecule has 3 rings (SSSR count). The van der Waals surface area contributed by atoms with Crippen LogP contribution in [0.3, 0.4) is 0 Å². The van der Waals surface area contributed by atoms with Crippen molar-refractivity contribution < 1.29 is 14.6 Å². The summed E-state index contributed by atoms with van der Waals surface area (Å²) in [7, 11) is 0. The second kappa shape index (κ2) is 8.49. The van der Waals surface area contributed by atoms with Gasteiger partial charge in [0.2, 0.25) is 0 Å². The number of benzene rings is 1. The zero-order chi connectivity index (χ0) is 16.8. The van der Waals surface area contributed by atoms with Crippen molar-refractivity contribution >= 4 is 6.09 Å². The lowest BCUT2D eigenvalue weighted by Crippen LogP contribution is -2.55. The molecule has 1 aliphatic carbocycles. The molecule has 0 aromatic heterocycles. The van der Waals surface area contributed by atoms with Crippen LogP contribution < -0.4 is 5.32 Å². The van der Waals surface area contributed by atoms with Gasteiger partial charge < -0.3 is 20.1 Å². The Morgan fingerprint density at radius 1 is 1.25 bits per heavy atom. The van der Waals surface area contributed by atoms with Gasteiger partial charge in [-0.05, 0) is 44.1 Å². The van der Waals surface area contributed by atoms with E-state index in [1.807, 2.05) is 35.2 Å². The van der Waals surface area contributed by atoms with Gasteiger partial charge in [0, 0.05) is 25.2 Å². The number of hydrogen-bond donors (Lipinski definition) is 2. The molecular weight excluding hydrogens is 304 g/mol. The van der Waals surface area contributed by atoms with Gasteiger partial charge in [-0.1, -0.05) is 30.3 Å². The Balaban J connectivity index is 1.60. The molecule has 5 nitrogen and oxygen atoms in total. The number of likely N-dealkylation sites (tertiary alicyclic amines) is 1. The van der Waals surface area contributed by atoms with E-state index in [1.54, 1.807) is 0 Å². The Hall–Kier alpha value is -1.59. The van der Waals surface area contributed by atoms with Crippen LogP contribution in [0, 0.1) is 0 Å². The average molecular weight is 332 g/mol. The van der Waals surface area contributed by atoms with E-state index < -0.39 is 0 Å². The fraction of sp³-hybridized carbons (Fsp3) is 0.632. The first-order chi connectivity index (χ1) is 11.8. The Morgan fingerprint density at radius 3 is 2.75 bits per heavy atom. The quantitative estimate of drug-likeness (QED) is 0.806. The molecule has 0 spiro atoms. The number of carbonyl (C=O) groups excluding carboxylic acids is 1. The lowest BCUT2D eigenvalue weighted by atomic mass is 9.94. The highest BCUT2D eigenvalue weighted by Gasteiger charge is 2.36. The Morgan fingerprint density at radius 2 is 2.04 bits per heavy atom. The maximum Gasteiger partial charge on any atom is 0.410 e. The lowest BCUT2D eigenvalue weighted by molar-refractivity contribution is 0.0536. The summed E-state index contributed by atoms with van der Waals surface area (Å²) in [5.41, 5.74) is 1.00. The van der Waals surface area contributed by atoms with E-state index >= 15 is 0 Å². The highest BCUT2D eigenvalue weighted by Crippen LogP contribution is 2.26. The molecule has 2 N–H and O–H groups in total. The van der Waals surface area contributed by atoms with Crippen LogP contribution in [-0.4, -0.2) is 47.4 Å². The molecular formula is C19H28N2O3. The summed E-state index contributed by atoms with van der Waals surface area (Å²) in [4.78, 5) is 14.5. The Bertz CT molecular complexity index is 519. The van der Waals surface area contributed by atoms with Crippen LogP contribution in [0.1, 0.15) is 44.1 Å². The fourth-order valence-electron chi connectivity index (χ4n) is 3.48. The number of hydrogen-bond acceptors (Lipinski definition) is 4. The third-order valence-corrected chi connectivity index (χ3v) is 4.92. The van der Waals surface area contributed by atoms with E-state index in [1.165, 1.54) is 12.8 Å². The molecule has 2 atom stereocenters. The first kappa shape index (κ1) is 17.2. The maximum absolute atomic E-state index is 12.6. The molecule has 2 fully saturated rings. The van der Waals surface area contributed by atoms with Gasteiger partial charge in [0.1, 0.15) is 6.61 Å². The van der Waals surface area contributed by atoms with Crippen molar-refractivity contribution in [2.45, 2.75) is 63.3 Å². The maximum atomic E-state index is 12.6. The molecule has 1 saturated heterocycles. The predicted octanol–water partition coefficient (Wildman–Crippen LogP) is 2.68. The van der Waals surface area contributed by atoms with Gasteiger partial charge in [-0.25, -0.2) is 4.79 Å². The number of nitrogens with zero attached hydrogens (tertiary/aromatic N) is 1. The third kappa shape index (κ3) is 4.71. The highest BCUT2D eigenvalue weighted by atomic mass is 16.6. The van der Waals surface area contributed by atoms with E-state index in [0.29, 0.717) is 19.1 Å². The topological polar surface area (TPSA) is 61.8 Å². The largest absolute Gasteiger partial charge is 0.445 e. The zero-order valence-electron chi connectivity index (χ0n) is 14.2. The minimum atomic E-state index is -0.232. The van der Waals surface area contributed by atoms with E-state index in [4.69, 9.17) is 4.74 Å². The van der Waals surface area contributed by atoms with Crippen molar-refractivity contribution in [2.75, 3.05) is 13.2 Å². The van der Waals surface area contributed by atoms with Crippen molar-refractivity contribution in [3.63, 3.8) is 0 Å². The second-order valence-corrected chi connectivity index (χ2v) is 6.86. The van der Waals surface area contributed by atoms with Crippen molar-refractivity contribution in [1.82, 2.24) is 10.2 Å². The normalized spacial score (nSPS) is 22.2. The van der Waals surface area contributed by atoms with Crippen LogP contribution in [-0.2, 0) is 11.3 Å². The molecule has 5 heteroatoms. The summed E-state index contributed by atoms with van der Waals surface area (Å²) < 4.78 is 5.54. The van der Waals surface area contributed by atoms with Gasteiger partial charge in [0.15, 0.2) is 0 Å². The van der Waals surface area contributed by atoms with E-state index in [0.717, 1.165) is 31.4 Å². The van der Waals surface area contributed by atoms with Crippen LogP contribution in [0.15, 0.2) is 30.3 Å². The Kier molecular flexibility index (Phi) is 6.10. The average Bonchev–Trinajstić information content (AvgIpc) is 3.44. The first-order valence-electron chi connectivity index (χ1n) is 9.12. The SMILES string of the molecule is O=C(OCc1ccccc1)N1CCCC[C@H]1[C@H](CCO)NC1CC1. The summed E-state index contributed by atoms with van der Waals surface area (Å²) in [5.74, 6) is 0. The van der Waals surface area contributed by atoms with E-state index in [9.17, 15) is 9.90 Å². The molecule has 1 aliphatic heterocycles. The molecule has 1 heterocycles. The molecule has 1 amide bonds. The number of carbonyl (C=O) groups is 1. The molecule has 0 unspecified atom stereocenters. The number of ether oxygens (including phenoxy) is 1. The summed E-state index contributed by atoms with van der Waals surface area (Å²) in [6, 6.07) is 10.6. The van der Waals surface area contributed by atoms with Gasteiger partial charge >= 0.3 is 6.09 Å². The van der Waals surface area contributed by atoms with Crippen molar-refractivity contribution in [3.8, 4) is 0 Å². The monoisotopic (exact) mass is 332 g/mol. The lowest BCUT2D eigenvalue weighted by Gasteiger charge is -2.40. The van der Waals surface area contributed by atoms with Crippen molar-refractivity contribution in [2.24, 2.45) is 0 Å². The van der Waals surface area contributed by atoms with Crippen molar-refractivity contribution in [3.05, 3.63) is 35.9 Å². The van der Waals surface area contributed by atoms with Crippen LogP contribution >= 0.6 is 0 Å². The summed E-state index contributed by atoms with van der Waals surface area (Å²) in [6.07, 6.45) is 5.98. The number of amides is 1. The van der Waals surface area contributed by atoms with Crippen LogP contribution in [0.2, 0.25) is 0 Å². The smallest absolute Gasteiger partial charge is 0.410 e. The summed E-state index contributed by atoms with van der Waals surface area (Å²) in [5, 5.41) is 13.0. The van der Waals surface area contributed by atoms with Crippen molar-refractivity contribution in [1.29, 1.82) is 0 Å². The van der Waals surface area contributed by atoms with Gasteiger partial charge in [-0.15, -0.1) is 0 Å². The molecule has 1 aromatic rings. The molecule has 24 heavy (non-hydrogen) atoms. The van der Waals surface area contributed by atoms with Gasteiger partial charge in [0.05, 0.1) is 6.04 Å². The molecule has 0 bridgehead atoms. The third-order valence-electron chi connectivity index (χ3n) is 4.92. The Labute approximate surface area is 144 Å². The summed E-state index contributed by atoms with van der Waals surface area (Å²) in [6.45, 7) is 1.20. The number of aliphatic hydroxyl groups is 1.